The molecule has 0 saturated carbocycles. The molecule has 2 rings (SSSR count). The maximum Gasteiger partial charge on any atom is 0.243 e. The molecule has 0 amide bonds. The van der Waals surface area contributed by atoms with Crippen LogP contribution in [0.5, 0.6) is 5.75 Å². The number of rotatable bonds is 8. The Kier molecular flexibility index (Phi) is 6.83. The summed E-state index contributed by atoms with van der Waals surface area (Å²) < 4.78 is 42.8. The highest BCUT2D eigenvalue weighted by Crippen LogP contribution is 2.23. The molecule has 1 aliphatic heterocycles. The number of nitrogens with zero attached hydrogens (tertiary/aromatic N) is 1. The summed E-state index contributed by atoms with van der Waals surface area (Å²) in [5, 5.41) is 0. The lowest BCUT2D eigenvalue weighted by atomic mass is 10.1. The fraction of sp³-hybridized carbons (Fsp3) is 0.625. The van der Waals surface area contributed by atoms with Crippen molar-refractivity contribution in [1.29, 1.82) is 0 Å². The molecule has 1 aliphatic rings. The number of sulfonamides is 1. The number of ether oxygens (including phenoxy) is 3. The van der Waals surface area contributed by atoms with Crippen LogP contribution in [0.15, 0.2) is 29.2 Å². The normalized spacial score (nSPS) is 17.3. The molecule has 0 aliphatic carbocycles. The van der Waals surface area contributed by atoms with Gasteiger partial charge in [0.05, 0.1) is 31.3 Å². The van der Waals surface area contributed by atoms with Crippen LogP contribution in [0.2, 0.25) is 0 Å². The molecular weight excluding hydrogens is 318 g/mol. The predicted molar refractivity (Wildman–Crippen MR) is 87.2 cm³/mol. The molecular formula is C16H25NO5S. The Bertz CT molecular complexity index is 565. The Hall–Kier alpha value is -1.15. The molecule has 0 aromatic heterocycles. The zero-order valence-electron chi connectivity index (χ0n) is 13.7. The van der Waals surface area contributed by atoms with Crippen LogP contribution in [0, 0.1) is 0 Å². The zero-order chi connectivity index (χ0) is 16.7. The van der Waals surface area contributed by atoms with Crippen LogP contribution < -0.4 is 4.74 Å². The number of methoxy groups -OCH3 is 1. The van der Waals surface area contributed by atoms with Gasteiger partial charge in [-0.25, -0.2) is 8.42 Å². The zero-order valence-corrected chi connectivity index (χ0v) is 14.5. The molecule has 1 aromatic rings. The van der Waals surface area contributed by atoms with Gasteiger partial charge in [0.2, 0.25) is 10.0 Å². The van der Waals surface area contributed by atoms with E-state index in [1.165, 1.54) is 4.31 Å². The Morgan fingerprint density at radius 3 is 2.35 bits per heavy atom. The summed E-state index contributed by atoms with van der Waals surface area (Å²) in [5.41, 5.74) is 0. The molecule has 130 valence electrons. The minimum absolute atomic E-state index is 0.109. The fourth-order valence-electron chi connectivity index (χ4n) is 2.55. The molecule has 6 nitrogen and oxygen atoms in total. The minimum Gasteiger partial charge on any atom is -0.497 e. The van der Waals surface area contributed by atoms with E-state index in [2.05, 4.69) is 0 Å². The average Bonchev–Trinajstić information content (AvgIpc) is 2.59. The van der Waals surface area contributed by atoms with Crippen molar-refractivity contribution >= 4 is 10.0 Å². The van der Waals surface area contributed by atoms with Gasteiger partial charge >= 0.3 is 0 Å². The standard InChI is InChI=1S/C16H25NO5S/c1-3-21-12-13-22-15-8-10-17(11-9-15)23(18,19)16-6-4-14(20-2)5-7-16/h4-7,15H,3,8-13H2,1-2H3. The van der Waals surface area contributed by atoms with E-state index in [9.17, 15) is 8.42 Å². The summed E-state index contributed by atoms with van der Waals surface area (Å²) in [6, 6.07) is 6.49. The average molecular weight is 343 g/mol. The molecule has 0 radical (unpaired) electrons. The lowest BCUT2D eigenvalue weighted by Gasteiger charge is -2.31. The highest BCUT2D eigenvalue weighted by Gasteiger charge is 2.29. The molecule has 0 unspecified atom stereocenters. The first-order valence-corrected chi connectivity index (χ1v) is 9.35. The van der Waals surface area contributed by atoms with Crippen molar-refractivity contribution in [3.05, 3.63) is 24.3 Å². The van der Waals surface area contributed by atoms with Gasteiger partial charge in [-0.1, -0.05) is 0 Å². The van der Waals surface area contributed by atoms with E-state index < -0.39 is 10.0 Å². The van der Waals surface area contributed by atoms with Gasteiger partial charge in [-0.15, -0.1) is 0 Å². The molecule has 0 spiro atoms. The van der Waals surface area contributed by atoms with E-state index in [0.717, 1.165) is 0 Å². The van der Waals surface area contributed by atoms with Crippen LogP contribution in [0.1, 0.15) is 19.8 Å². The highest BCUT2D eigenvalue weighted by atomic mass is 32.2. The Morgan fingerprint density at radius 2 is 1.78 bits per heavy atom. The van der Waals surface area contributed by atoms with Crippen LogP contribution in [0.4, 0.5) is 0 Å². The number of hydrogen-bond donors (Lipinski definition) is 0. The third kappa shape index (κ3) is 4.91. The minimum atomic E-state index is -3.44. The van der Waals surface area contributed by atoms with Gasteiger partial charge in [0.25, 0.3) is 0 Å². The van der Waals surface area contributed by atoms with Crippen molar-refractivity contribution in [2.24, 2.45) is 0 Å². The predicted octanol–water partition coefficient (Wildman–Crippen LogP) is 1.90. The number of benzene rings is 1. The molecule has 1 fully saturated rings. The number of hydrogen-bond acceptors (Lipinski definition) is 5. The first-order chi connectivity index (χ1) is 11.1. The van der Waals surface area contributed by atoms with Gasteiger partial charge in [-0.05, 0) is 44.0 Å². The highest BCUT2D eigenvalue weighted by molar-refractivity contribution is 7.89. The molecule has 0 atom stereocenters. The number of piperidine rings is 1. The molecule has 1 saturated heterocycles. The van der Waals surface area contributed by atoms with Crippen molar-refractivity contribution < 1.29 is 22.6 Å². The van der Waals surface area contributed by atoms with Crippen LogP contribution in [0.25, 0.3) is 0 Å². The summed E-state index contributed by atoms with van der Waals surface area (Å²) in [6.45, 7) is 4.73. The van der Waals surface area contributed by atoms with E-state index in [1.807, 2.05) is 6.92 Å². The molecule has 1 aromatic carbocycles. The second kappa shape index (κ2) is 8.63. The first kappa shape index (κ1) is 18.2. The van der Waals surface area contributed by atoms with Gasteiger partial charge < -0.3 is 14.2 Å². The lowest BCUT2D eigenvalue weighted by molar-refractivity contribution is -0.0121. The summed E-state index contributed by atoms with van der Waals surface area (Å²) >= 11 is 0. The van der Waals surface area contributed by atoms with Crippen LogP contribution in [-0.4, -0.2) is 58.8 Å². The second-order valence-electron chi connectivity index (χ2n) is 5.35. The summed E-state index contributed by atoms with van der Waals surface area (Å²) in [7, 11) is -1.89. The topological polar surface area (TPSA) is 65.1 Å². The quantitative estimate of drug-likeness (QED) is 0.675. The van der Waals surface area contributed by atoms with E-state index >= 15 is 0 Å². The monoisotopic (exact) mass is 343 g/mol. The Balaban J connectivity index is 1.87. The summed E-state index contributed by atoms with van der Waals surface area (Å²) in [4.78, 5) is 0.300. The van der Waals surface area contributed by atoms with Crippen molar-refractivity contribution in [2.75, 3.05) is 40.0 Å². The van der Waals surface area contributed by atoms with Crippen molar-refractivity contribution in [1.82, 2.24) is 4.31 Å². The maximum atomic E-state index is 12.6. The van der Waals surface area contributed by atoms with Gasteiger partial charge in [0.15, 0.2) is 0 Å². The van der Waals surface area contributed by atoms with E-state index in [0.29, 0.717) is 56.4 Å². The van der Waals surface area contributed by atoms with Crippen molar-refractivity contribution in [3.8, 4) is 5.75 Å². The van der Waals surface area contributed by atoms with Gasteiger partial charge in [0.1, 0.15) is 5.75 Å². The second-order valence-corrected chi connectivity index (χ2v) is 7.28. The Morgan fingerprint density at radius 1 is 1.13 bits per heavy atom. The SMILES string of the molecule is CCOCCOC1CCN(S(=O)(=O)c2ccc(OC)cc2)CC1. The van der Waals surface area contributed by atoms with E-state index in [-0.39, 0.29) is 6.10 Å². The molecule has 0 bridgehead atoms. The first-order valence-electron chi connectivity index (χ1n) is 7.91. The van der Waals surface area contributed by atoms with Crippen LogP contribution in [-0.2, 0) is 19.5 Å². The van der Waals surface area contributed by atoms with Crippen molar-refractivity contribution in [2.45, 2.75) is 30.8 Å². The smallest absolute Gasteiger partial charge is 0.243 e. The van der Waals surface area contributed by atoms with Gasteiger partial charge in [-0.2, -0.15) is 4.31 Å². The Labute approximate surface area is 138 Å². The van der Waals surface area contributed by atoms with E-state index in [1.54, 1.807) is 31.4 Å². The fourth-order valence-corrected chi connectivity index (χ4v) is 4.02. The molecule has 1 heterocycles. The van der Waals surface area contributed by atoms with Crippen molar-refractivity contribution in [3.63, 3.8) is 0 Å². The third-order valence-electron chi connectivity index (χ3n) is 3.88. The maximum absolute atomic E-state index is 12.6. The summed E-state index contributed by atoms with van der Waals surface area (Å²) in [5.74, 6) is 0.644. The molecule has 23 heavy (non-hydrogen) atoms. The summed E-state index contributed by atoms with van der Waals surface area (Å²) in [6.07, 6.45) is 1.53. The van der Waals surface area contributed by atoms with Crippen LogP contribution in [0.3, 0.4) is 0 Å². The lowest BCUT2D eigenvalue weighted by Crippen LogP contribution is -2.41. The largest absolute Gasteiger partial charge is 0.497 e. The van der Waals surface area contributed by atoms with E-state index in [4.69, 9.17) is 14.2 Å². The van der Waals surface area contributed by atoms with Gasteiger partial charge in [0, 0.05) is 19.7 Å². The molecule has 7 heteroatoms. The molecule has 0 N–H and O–H groups in total. The third-order valence-corrected chi connectivity index (χ3v) is 5.80. The van der Waals surface area contributed by atoms with Gasteiger partial charge in [-0.3, -0.25) is 0 Å². The van der Waals surface area contributed by atoms with Crippen LogP contribution >= 0.6 is 0 Å².